The summed E-state index contributed by atoms with van der Waals surface area (Å²) in [4.78, 5) is 41.7. The van der Waals surface area contributed by atoms with Crippen LogP contribution in [0.4, 0.5) is 5.69 Å². The van der Waals surface area contributed by atoms with Crippen LogP contribution >= 0.6 is 0 Å². The number of likely N-dealkylation sites (N-methyl/N-ethyl adjacent to an activating group) is 1. The van der Waals surface area contributed by atoms with Gasteiger partial charge in [-0.1, -0.05) is 0 Å². The van der Waals surface area contributed by atoms with Gasteiger partial charge in [-0.2, -0.15) is 0 Å². The van der Waals surface area contributed by atoms with Gasteiger partial charge in [0.1, 0.15) is 5.75 Å². The molecule has 0 aliphatic rings. The van der Waals surface area contributed by atoms with Gasteiger partial charge in [0.25, 0.3) is 0 Å². The molecule has 0 saturated carbocycles. The molecular weight excluding hydrogens is 358 g/mol. The second-order valence-electron chi connectivity index (χ2n) is 6.91. The van der Waals surface area contributed by atoms with E-state index >= 15 is 0 Å². The fourth-order valence-corrected chi connectivity index (χ4v) is 3.17. The van der Waals surface area contributed by atoms with Crippen LogP contribution in [0.1, 0.15) is 46.0 Å². The number of nitrogens with one attached hydrogen (secondary N) is 2. The third-order valence-electron chi connectivity index (χ3n) is 4.84. The Labute approximate surface area is 165 Å². The van der Waals surface area contributed by atoms with E-state index in [0.29, 0.717) is 34.0 Å². The van der Waals surface area contributed by atoms with Crippen molar-refractivity contribution in [2.75, 3.05) is 26.0 Å². The highest BCUT2D eigenvalue weighted by molar-refractivity contribution is 6.05. The van der Waals surface area contributed by atoms with Gasteiger partial charge in [-0.25, -0.2) is 0 Å². The molecule has 0 spiro atoms. The number of rotatable bonds is 8. The second kappa shape index (κ2) is 8.84. The Hall–Kier alpha value is -2.93. The summed E-state index contributed by atoms with van der Waals surface area (Å²) in [6, 6.07) is 6.49. The van der Waals surface area contributed by atoms with Crippen LogP contribution in [-0.2, 0) is 4.79 Å². The van der Waals surface area contributed by atoms with Crippen molar-refractivity contribution in [3.8, 4) is 5.75 Å². The molecule has 2 N–H and O–H groups in total. The van der Waals surface area contributed by atoms with Crippen molar-refractivity contribution >= 4 is 23.2 Å². The average Bonchev–Trinajstić information content (AvgIpc) is 2.95. The lowest BCUT2D eigenvalue weighted by Crippen LogP contribution is -2.41. The molecule has 2 rings (SSSR count). The van der Waals surface area contributed by atoms with Gasteiger partial charge in [0.2, 0.25) is 5.91 Å². The Morgan fingerprint density at radius 3 is 2.29 bits per heavy atom. The first kappa shape index (κ1) is 21.4. The number of nitrogens with zero attached hydrogens (tertiary/aromatic N) is 1. The normalized spacial score (nSPS) is 12.0. The number of aromatic amines is 1. The monoisotopic (exact) mass is 385 g/mol. The number of ether oxygens (including phenoxy) is 1. The summed E-state index contributed by atoms with van der Waals surface area (Å²) in [6.45, 7) is 6.81. The molecule has 7 heteroatoms. The highest BCUT2D eigenvalue weighted by Gasteiger charge is 2.26. The van der Waals surface area contributed by atoms with Gasteiger partial charge >= 0.3 is 0 Å². The Morgan fingerprint density at radius 1 is 1.18 bits per heavy atom. The summed E-state index contributed by atoms with van der Waals surface area (Å²) in [5, 5.41) is 2.80. The molecule has 2 aromatic rings. The molecule has 0 aliphatic carbocycles. The van der Waals surface area contributed by atoms with Gasteiger partial charge in [-0.3, -0.25) is 19.3 Å². The number of hydrogen-bond acceptors (Lipinski definition) is 5. The number of amides is 1. The van der Waals surface area contributed by atoms with Crippen molar-refractivity contribution < 1.29 is 19.1 Å². The molecule has 1 aromatic heterocycles. The summed E-state index contributed by atoms with van der Waals surface area (Å²) in [5.74, 6) is 0.241. The molecule has 1 amide bonds. The molecule has 1 atom stereocenters. The van der Waals surface area contributed by atoms with Gasteiger partial charge in [-0.05, 0) is 64.6 Å². The van der Waals surface area contributed by atoms with E-state index < -0.39 is 6.04 Å². The van der Waals surface area contributed by atoms with Gasteiger partial charge in [0, 0.05) is 16.9 Å². The molecule has 7 nitrogen and oxygen atoms in total. The molecular formula is C21H27N3O4. The number of benzene rings is 1. The molecule has 0 fully saturated rings. The van der Waals surface area contributed by atoms with Gasteiger partial charge in [0.05, 0.1) is 25.4 Å². The quantitative estimate of drug-likeness (QED) is 0.682. The highest BCUT2D eigenvalue weighted by Crippen LogP contribution is 2.21. The van der Waals surface area contributed by atoms with Crippen molar-refractivity contribution in [1.82, 2.24) is 9.88 Å². The lowest BCUT2D eigenvalue weighted by atomic mass is 10.0. The molecule has 0 aliphatic heterocycles. The number of ketones is 2. The van der Waals surface area contributed by atoms with Crippen LogP contribution in [0.25, 0.3) is 0 Å². The Morgan fingerprint density at radius 2 is 1.79 bits per heavy atom. The van der Waals surface area contributed by atoms with Crippen molar-refractivity contribution in [1.29, 1.82) is 0 Å². The number of Topliss-reactive ketones (excluding diaryl/α,β-unsaturated/α-hetero) is 2. The van der Waals surface area contributed by atoms with E-state index in [-0.39, 0.29) is 24.0 Å². The number of aryl methyl sites for hydroxylation is 1. The van der Waals surface area contributed by atoms with Gasteiger partial charge < -0.3 is 15.0 Å². The predicted molar refractivity (Wildman–Crippen MR) is 108 cm³/mol. The summed E-state index contributed by atoms with van der Waals surface area (Å²) in [5.41, 5.74) is 2.95. The lowest BCUT2D eigenvalue weighted by molar-refractivity contribution is -0.117. The standard InChI is InChI=1S/C21H27N3O4/c1-12-19(15(4)25)13(2)22-20(12)21(27)14(3)24(5)11-18(26)23-16-7-9-17(28-6)10-8-16/h7-10,14,22H,11H2,1-6H3,(H,23,26)/t14-/m0/s1. The van der Waals surface area contributed by atoms with Crippen LogP contribution in [0.15, 0.2) is 24.3 Å². The zero-order chi connectivity index (χ0) is 21.0. The minimum Gasteiger partial charge on any atom is -0.497 e. The molecule has 0 bridgehead atoms. The number of hydrogen-bond donors (Lipinski definition) is 2. The number of methoxy groups -OCH3 is 1. The topological polar surface area (TPSA) is 91.5 Å². The first-order chi connectivity index (χ1) is 13.1. The zero-order valence-electron chi connectivity index (χ0n) is 17.2. The van der Waals surface area contributed by atoms with Crippen molar-refractivity contribution in [3.63, 3.8) is 0 Å². The van der Waals surface area contributed by atoms with E-state index in [1.165, 1.54) is 6.92 Å². The van der Waals surface area contributed by atoms with E-state index in [2.05, 4.69) is 10.3 Å². The minimum atomic E-state index is -0.529. The fourth-order valence-electron chi connectivity index (χ4n) is 3.17. The van der Waals surface area contributed by atoms with Gasteiger partial charge in [-0.15, -0.1) is 0 Å². The lowest BCUT2D eigenvalue weighted by Gasteiger charge is -2.23. The summed E-state index contributed by atoms with van der Waals surface area (Å²) >= 11 is 0. The highest BCUT2D eigenvalue weighted by atomic mass is 16.5. The van der Waals surface area contributed by atoms with Crippen LogP contribution in [0.3, 0.4) is 0 Å². The van der Waals surface area contributed by atoms with E-state index in [4.69, 9.17) is 4.74 Å². The third-order valence-corrected chi connectivity index (χ3v) is 4.84. The smallest absolute Gasteiger partial charge is 0.238 e. The van der Waals surface area contributed by atoms with E-state index in [1.54, 1.807) is 64.1 Å². The van der Waals surface area contributed by atoms with Crippen molar-refractivity contribution in [3.05, 3.63) is 46.8 Å². The number of H-pyrrole nitrogens is 1. The summed E-state index contributed by atoms with van der Waals surface area (Å²) in [6.07, 6.45) is 0. The third kappa shape index (κ3) is 4.67. The van der Waals surface area contributed by atoms with E-state index in [0.717, 1.165) is 0 Å². The summed E-state index contributed by atoms with van der Waals surface area (Å²) in [7, 11) is 3.29. The number of aromatic nitrogens is 1. The predicted octanol–water partition coefficient (Wildman–Crippen LogP) is 2.98. The zero-order valence-corrected chi connectivity index (χ0v) is 17.2. The molecule has 0 unspecified atom stereocenters. The maximum Gasteiger partial charge on any atom is 0.238 e. The molecule has 1 aromatic carbocycles. The van der Waals surface area contributed by atoms with Crippen LogP contribution in [0, 0.1) is 13.8 Å². The molecule has 28 heavy (non-hydrogen) atoms. The van der Waals surface area contributed by atoms with Gasteiger partial charge in [0.15, 0.2) is 11.6 Å². The fraction of sp³-hybridized carbons (Fsp3) is 0.381. The Bertz CT molecular complexity index is 884. The Kier molecular flexibility index (Phi) is 6.75. The van der Waals surface area contributed by atoms with E-state index in [1.807, 2.05) is 0 Å². The van der Waals surface area contributed by atoms with Crippen molar-refractivity contribution in [2.45, 2.75) is 33.7 Å². The molecule has 0 saturated heterocycles. The molecule has 150 valence electrons. The maximum atomic E-state index is 12.9. The van der Waals surface area contributed by atoms with Crippen LogP contribution < -0.4 is 10.1 Å². The first-order valence-corrected chi connectivity index (χ1v) is 9.04. The molecule has 0 radical (unpaired) electrons. The SMILES string of the molecule is COc1ccc(NC(=O)CN(C)[C@@H](C)C(=O)c2[nH]c(C)c(C(C)=O)c2C)cc1. The van der Waals surface area contributed by atoms with Crippen molar-refractivity contribution in [2.24, 2.45) is 0 Å². The average molecular weight is 385 g/mol. The minimum absolute atomic E-state index is 0.0528. The first-order valence-electron chi connectivity index (χ1n) is 9.04. The van der Waals surface area contributed by atoms with Crippen LogP contribution in [-0.4, -0.2) is 54.1 Å². The summed E-state index contributed by atoms with van der Waals surface area (Å²) < 4.78 is 5.09. The number of carbonyl (C=O) groups excluding carboxylic acids is 3. The van der Waals surface area contributed by atoms with Crippen LogP contribution in [0.5, 0.6) is 5.75 Å². The second-order valence-corrected chi connectivity index (χ2v) is 6.91. The number of anilines is 1. The maximum absolute atomic E-state index is 12.9. The largest absolute Gasteiger partial charge is 0.497 e. The number of carbonyl (C=O) groups is 3. The molecule has 1 heterocycles. The van der Waals surface area contributed by atoms with E-state index in [9.17, 15) is 14.4 Å². The Balaban J connectivity index is 2.04. The van der Waals surface area contributed by atoms with Crippen LogP contribution in [0.2, 0.25) is 0 Å².